The third kappa shape index (κ3) is 3.04. The zero-order chi connectivity index (χ0) is 14.7. The van der Waals surface area contributed by atoms with Crippen LogP contribution in [0.2, 0.25) is 0 Å². The topological polar surface area (TPSA) is 49.6 Å². The molecule has 2 aromatic heterocycles. The molecule has 0 aliphatic rings. The molecule has 6 heteroatoms. The highest BCUT2D eigenvalue weighted by Crippen LogP contribution is 2.36. The molecule has 1 aromatic carbocycles. The highest BCUT2D eigenvalue weighted by molar-refractivity contribution is 7.99. The number of rotatable bonds is 4. The highest BCUT2D eigenvalue weighted by Gasteiger charge is 2.10. The molecule has 0 bridgehead atoms. The van der Waals surface area contributed by atoms with Crippen molar-refractivity contribution in [1.29, 1.82) is 5.26 Å². The summed E-state index contributed by atoms with van der Waals surface area (Å²) < 4.78 is 14.0. The zero-order valence-electron chi connectivity index (χ0n) is 10.9. The Morgan fingerprint density at radius 3 is 2.81 bits per heavy atom. The van der Waals surface area contributed by atoms with Crippen LogP contribution in [0.3, 0.4) is 0 Å². The second-order valence-electron chi connectivity index (χ2n) is 4.27. The minimum absolute atomic E-state index is 0.243. The van der Waals surface area contributed by atoms with E-state index in [9.17, 15) is 4.39 Å². The number of halogens is 1. The maximum absolute atomic E-state index is 13.0. The fourth-order valence-corrected chi connectivity index (χ4v) is 3.93. The van der Waals surface area contributed by atoms with Crippen molar-refractivity contribution in [3.63, 3.8) is 0 Å². The first-order valence-corrected chi connectivity index (χ1v) is 8.08. The lowest BCUT2D eigenvalue weighted by Gasteiger charge is -1.98. The summed E-state index contributed by atoms with van der Waals surface area (Å²) in [4.78, 5) is 9.61. The van der Waals surface area contributed by atoms with Gasteiger partial charge >= 0.3 is 0 Å². The summed E-state index contributed by atoms with van der Waals surface area (Å²) in [5.74, 6) is 0.472. The van der Waals surface area contributed by atoms with E-state index in [4.69, 9.17) is 5.26 Å². The Kier molecular flexibility index (Phi) is 4.13. The smallest absolute Gasteiger partial charge is 0.123 e. The van der Waals surface area contributed by atoms with Crippen molar-refractivity contribution in [3.05, 3.63) is 42.5 Å². The first kappa shape index (κ1) is 14.0. The van der Waals surface area contributed by atoms with Crippen molar-refractivity contribution in [1.82, 2.24) is 9.97 Å². The van der Waals surface area contributed by atoms with Crippen molar-refractivity contribution in [2.75, 3.05) is 5.75 Å². The Hall–Kier alpha value is -1.97. The molecule has 0 radical (unpaired) electrons. The Morgan fingerprint density at radius 1 is 1.24 bits per heavy atom. The van der Waals surface area contributed by atoms with Crippen LogP contribution in [0, 0.1) is 17.1 Å². The number of nitrogens with zero attached hydrogens (tertiary/aromatic N) is 3. The van der Waals surface area contributed by atoms with Crippen molar-refractivity contribution in [2.24, 2.45) is 0 Å². The lowest BCUT2D eigenvalue weighted by molar-refractivity contribution is 0.628. The first-order chi connectivity index (χ1) is 10.3. The molecule has 0 aliphatic heterocycles. The van der Waals surface area contributed by atoms with Gasteiger partial charge in [0.1, 0.15) is 17.2 Å². The van der Waals surface area contributed by atoms with Crippen LogP contribution in [0.4, 0.5) is 4.39 Å². The van der Waals surface area contributed by atoms with E-state index in [0.29, 0.717) is 12.2 Å². The number of benzene rings is 1. The first-order valence-electron chi connectivity index (χ1n) is 6.28. The maximum Gasteiger partial charge on any atom is 0.123 e. The minimum Gasteiger partial charge on any atom is -0.235 e. The molecule has 21 heavy (non-hydrogen) atoms. The van der Waals surface area contributed by atoms with Gasteiger partial charge in [-0.05, 0) is 23.8 Å². The number of hydrogen-bond donors (Lipinski definition) is 0. The number of hydrogen-bond acceptors (Lipinski definition) is 5. The van der Waals surface area contributed by atoms with Crippen LogP contribution in [-0.2, 0) is 0 Å². The number of aromatic nitrogens is 2. The molecule has 0 aliphatic carbocycles. The predicted molar refractivity (Wildman–Crippen MR) is 83.8 cm³/mol. The van der Waals surface area contributed by atoms with Crippen LogP contribution < -0.4 is 0 Å². The second kappa shape index (κ2) is 6.20. The van der Waals surface area contributed by atoms with E-state index < -0.39 is 0 Å². The lowest BCUT2D eigenvalue weighted by Crippen LogP contribution is -1.84. The van der Waals surface area contributed by atoms with Gasteiger partial charge < -0.3 is 0 Å². The standard InChI is InChI=1S/C15H10FN3S2/c16-11-4-2-10(3-5-11)13-8-12-14(21-13)15(19-9-18-12)20-7-1-6-17/h2-5,8-9H,1,7H2. The second-order valence-corrected chi connectivity index (χ2v) is 6.40. The SMILES string of the molecule is N#CCCSc1ncnc2cc(-c3ccc(F)cc3)sc12. The largest absolute Gasteiger partial charge is 0.235 e. The van der Waals surface area contributed by atoms with Gasteiger partial charge in [0.2, 0.25) is 0 Å². The molecular weight excluding hydrogens is 305 g/mol. The zero-order valence-corrected chi connectivity index (χ0v) is 12.5. The van der Waals surface area contributed by atoms with Crippen molar-refractivity contribution < 1.29 is 4.39 Å². The molecule has 0 spiro atoms. The summed E-state index contributed by atoms with van der Waals surface area (Å²) in [5.41, 5.74) is 1.85. The van der Waals surface area contributed by atoms with E-state index in [2.05, 4.69) is 16.0 Å². The quantitative estimate of drug-likeness (QED) is 0.404. The third-order valence-corrected chi connectivity index (χ3v) is 5.16. The fourth-order valence-electron chi connectivity index (χ4n) is 1.89. The van der Waals surface area contributed by atoms with Crippen LogP contribution in [0.1, 0.15) is 6.42 Å². The fraction of sp³-hybridized carbons (Fsp3) is 0.133. The summed E-state index contributed by atoms with van der Waals surface area (Å²) in [7, 11) is 0. The molecule has 0 saturated carbocycles. The summed E-state index contributed by atoms with van der Waals surface area (Å²) in [6.45, 7) is 0. The Morgan fingerprint density at radius 2 is 2.05 bits per heavy atom. The van der Waals surface area contributed by atoms with Crippen LogP contribution >= 0.6 is 23.1 Å². The van der Waals surface area contributed by atoms with Crippen LogP contribution in [0.5, 0.6) is 0 Å². The van der Waals surface area contributed by atoms with E-state index in [1.54, 1.807) is 35.2 Å². The van der Waals surface area contributed by atoms with Gasteiger partial charge in [-0.3, -0.25) is 0 Å². The Labute approximate surface area is 129 Å². The minimum atomic E-state index is -0.243. The average Bonchev–Trinajstić information content (AvgIpc) is 2.93. The van der Waals surface area contributed by atoms with Gasteiger partial charge in [-0.15, -0.1) is 23.1 Å². The molecule has 0 fully saturated rings. The van der Waals surface area contributed by atoms with Crippen molar-refractivity contribution >= 4 is 33.3 Å². The predicted octanol–water partition coefficient (Wildman–Crippen LogP) is 4.50. The molecule has 0 unspecified atom stereocenters. The normalized spacial score (nSPS) is 10.7. The van der Waals surface area contributed by atoms with E-state index in [0.717, 1.165) is 25.7 Å². The molecule has 3 nitrogen and oxygen atoms in total. The van der Waals surface area contributed by atoms with E-state index in [-0.39, 0.29) is 5.82 Å². The number of thiophene rings is 1. The van der Waals surface area contributed by atoms with Gasteiger partial charge in [0.15, 0.2) is 0 Å². The highest BCUT2D eigenvalue weighted by atomic mass is 32.2. The summed E-state index contributed by atoms with van der Waals surface area (Å²) in [6.07, 6.45) is 2.03. The molecule has 0 saturated heterocycles. The van der Waals surface area contributed by atoms with Crippen molar-refractivity contribution in [2.45, 2.75) is 11.4 Å². The molecule has 3 aromatic rings. The van der Waals surface area contributed by atoms with Gasteiger partial charge in [0, 0.05) is 17.1 Å². The van der Waals surface area contributed by atoms with Crippen molar-refractivity contribution in [3.8, 4) is 16.5 Å². The number of thioether (sulfide) groups is 1. The van der Waals surface area contributed by atoms with Gasteiger partial charge in [-0.2, -0.15) is 5.26 Å². The van der Waals surface area contributed by atoms with Gasteiger partial charge in [-0.1, -0.05) is 12.1 Å². The monoisotopic (exact) mass is 315 g/mol. The molecule has 0 amide bonds. The van der Waals surface area contributed by atoms with E-state index >= 15 is 0 Å². The number of nitriles is 1. The Balaban J connectivity index is 1.98. The Bertz CT molecular complexity index is 806. The summed E-state index contributed by atoms with van der Waals surface area (Å²) in [5, 5.41) is 9.51. The molecule has 2 heterocycles. The van der Waals surface area contributed by atoms with Crippen LogP contribution in [0.15, 0.2) is 41.7 Å². The molecule has 0 atom stereocenters. The van der Waals surface area contributed by atoms with Crippen LogP contribution in [-0.4, -0.2) is 15.7 Å². The molecule has 104 valence electrons. The maximum atomic E-state index is 13.0. The summed E-state index contributed by atoms with van der Waals surface area (Å²) in [6, 6.07) is 10.5. The molecule has 0 N–H and O–H groups in total. The van der Waals surface area contributed by atoms with E-state index in [1.165, 1.54) is 18.5 Å². The number of fused-ring (bicyclic) bond motifs is 1. The lowest BCUT2D eigenvalue weighted by atomic mass is 10.2. The van der Waals surface area contributed by atoms with Crippen LogP contribution in [0.25, 0.3) is 20.7 Å². The molecular formula is C15H10FN3S2. The average molecular weight is 315 g/mol. The summed E-state index contributed by atoms with van der Waals surface area (Å²) >= 11 is 3.15. The third-order valence-electron chi connectivity index (χ3n) is 2.86. The molecule has 3 rings (SSSR count). The van der Waals surface area contributed by atoms with Gasteiger partial charge in [0.25, 0.3) is 0 Å². The van der Waals surface area contributed by atoms with Gasteiger partial charge in [0.05, 0.1) is 16.3 Å². The van der Waals surface area contributed by atoms with E-state index in [1.807, 2.05) is 6.07 Å². The van der Waals surface area contributed by atoms with Gasteiger partial charge in [-0.25, -0.2) is 14.4 Å².